The van der Waals surface area contributed by atoms with Crippen LogP contribution in [-0.4, -0.2) is 53.9 Å². The number of aromatic nitrogens is 4. The lowest BCUT2D eigenvalue weighted by molar-refractivity contribution is 0.0527. The van der Waals surface area contributed by atoms with E-state index in [0.29, 0.717) is 38.5 Å². The smallest absolute Gasteiger partial charge is 0.111 e. The van der Waals surface area contributed by atoms with Gasteiger partial charge in [0.1, 0.15) is 11.3 Å². The van der Waals surface area contributed by atoms with Gasteiger partial charge < -0.3 is 19.3 Å². The Morgan fingerprint density at radius 1 is 0.667 bits per heavy atom. The maximum absolute atomic E-state index is 15.2. The summed E-state index contributed by atoms with van der Waals surface area (Å²) in [5.74, 6) is 0.548. The van der Waals surface area contributed by atoms with Crippen molar-refractivity contribution in [3.63, 3.8) is 0 Å². The summed E-state index contributed by atoms with van der Waals surface area (Å²) in [4.78, 5) is 8.51. The lowest BCUT2D eigenvalue weighted by Gasteiger charge is -2.34. The molecule has 0 bridgehead atoms. The van der Waals surface area contributed by atoms with Gasteiger partial charge in [0, 0.05) is 45.5 Å². The number of hydrogen-bond donors (Lipinski definition) is 2. The minimum atomic E-state index is -1.11. The fourth-order valence-electron chi connectivity index (χ4n) is 8.61. The lowest BCUT2D eigenvalue weighted by atomic mass is 9.77. The minimum Gasteiger partial charge on any atom is -0.396 e. The van der Waals surface area contributed by atoms with Gasteiger partial charge in [0.05, 0.1) is 48.5 Å². The van der Waals surface area contributed by atoms with Gasteiger partial charge in [-0.2, -0.15) is 0 Å². The molecular weight excluding hydrogens is 653 g/mol. The van der Waals surface area contributed by atoms with E-state index in [2.05, 4.69) is 31.2 Å². The van der Waals surface area contributed by atoms with Gasteiger partial charge in [0.15, 0.2) is 0 Å². The molecule has 4 aliphatic rings. The number of aliphatic hydroxyl groups is 2. The Balaban J connectivity index is 0.000000152. The number of halogens is 4. The van der Waals surface area contributed by atoms with Gasteiger partial charge >= 0.3 is 0 Å². The number of imidazole rings is 2. The maximum Gasteiger partial charge on any atom is 0.111 e. The third kappa shape index (κ3) is 6.46. The van der Waals surface area contributed by atoms with Crippen LogP contribution in [0.2, 0.25) is 10.0 Å². The zero-order valence-corrected chi connectivity index (χ0v) is 28.7. The van der Waals surface area contributed by atoms with Crippen LogP contribution in [0.4, 0.5) is 8.78 Å². The molecule has 2 fully saturated rings. The first-order chi connectivity index (χ1) is 23.2. The van der Waals surface area contributed by atoms with Crippen molar-refractivity contribution in [2.24, 2.45) is 11.8 Å². The van der Waals surface area contributed by atoms with Crippen LogP contribution >= 0.6 is 23.2 Å². The molecule has 6 nitrogen and oxygen atoms in total. The van der Waals surface area contributed by atoms with Gasteiger partial charge in [0.2, 0.25) is 0 Å². The number of rotatable bonds is 8. The average molecular weight is 698 g/mol. The molecule has 10 heteroatoms. The van der Waals surface area contributed by atoms with Crippen molar-refractivity contribution >= 4 is 23.2 Å². The predicted molar refractivity (Wildman–Crippen MR) is 186 cm³/mol. The van der Waals surface area contributed by atoms with Crippen molar-refractivity contribution in [1.29, 1.82) is 0 Å². The van der Waals surface area contributed by atoms with Crippen molar-refractivity contribution in [3.8, 4) is 22.5 Å². The van der Waals surface area contributed by atoms with Crippen molar-refractivity contribution in [3.05, 3.63) is 82.6 Å². The summed E-state index contributed by atoms with van der Waals surface area (Å²) in [5.41, 5.74) is 4.33. The van der Waals surface area contributed by atoms with Crippen LogP contribution in [-0.2, 0) is 0 Å². The standard InChI is InChI=1S/2C19H22ClFN2O/c2*20-15-3-1-2-14-17-10-22-12-23(17)16(18(14)15)6-9-19(21)7-4-13(11-24)5-8-19/h2*1-3,10,12-13,16,24H,4-9,11H2. The lowest BCUT2D eigenvalue weighted by Crippen LogP contribution is -2.31. The number of nitrogens with zero attached hydrogens (tertiary/aromatic N) is 4. The maximum atomic E-state index is 15.2. The Hall–Kier alpha value is -2.78. The van der Waals surface area contributed by atoms with Crippen molar-refractivity contribution in [2.45, 2.75) is 100 Å². The zero-order valence-electron chi connectivity index (χ0n) is 27.2. The van der Waals surface area contributed by atoms with Gasteiger partial charge in [-0.15, -0.1) is 0 Å². The largest absolute Gasteiger partial charge is 0.396 e. The number of benzene rings is 2. The van der Waals surface area contributed by atoms with Crippen molar-refractivity contribution in [2.75, 3.05) is 13.2 Å². The summed E-state index contributed by atoms with van der Waals surface area (Å²) in [6.07, 6.45) is 15.2. The fraction of sp³-hybridized carbons (Fsp3) is 0.526. The molecular formula is C38H44Cl2F2N4O2. The van der Waals surface area contributed by atoms with Crippen LogP contribution in [0, 0.1) is 11.8 Å². The van der Waals surface area contributed by atoms with Gasteiger partial charge in [-0.3, -0.25) is 0 Å². The highest BCUT2D eigenvalue weighted by Gasteiger charge is 2.39. The van der Waals surface area contributed by atoms with E-state index in [9.17, 15) is 10.2 Å². The molecule has 2 atom stereocenters. The Morgan fingerprint density at radius 3 is 1.44 bits per heavy atom. The first kappa shape index (κ1) is 33.7. The van der Waals surface area contributed by atoms with E-state index in [-0.39, 0.29) is 37.1 Å². The molecule has 8 rings (SSSR count). The van der Waals surface area contributed by atoms with Crippen LogP contribution in [0.25, 0.3) is 22.5 Å². The second-order valence-corrected chi connectivity index (χ2v) is 15.3. The van der Waals surface area contributed by atoms with E-state index >= 15 is 8.78 Å². The van der Waals surface area contributed by atoms with Crippen LogP contribution in [0.1, 0.15) is 100 Å². The quantitative estimate of drug-likeness (QED) is 0.192. The molecule has 2 aliphatic carbocycles. The van der Waals surface area contributed by atoms with E-state index in [1.807, 2.05) is 49.3 Å². The molecule has 4 heterocycles. The van der Waals surface area contributed by atoms with E-state index in [0.717, 1.165) is 82.2 Å². The molecule has 2 aromatic carbocycles. The van der Waals surface area contributed by atoms with Gasteiger partial charge in [-0.25, -0.2) is 18.7 Å². The van der Waals surface area contributed by atoms with Crippen LogP contribution < -0.4 is 0 Å². The first-order valence-corrected chi connectivity index (χ1v) is 18.2. The third-order valence-electron chi connectivity index (χ3n) is 11.6. The predicted octanol–water partition coefficient (Wildman–Crippen LogP) is 9.55. The molecule has 0 amide bonds. The molecule has 0 spiro atoms. The molecule has 2 unspecified atom stereocenters. The normalized spacial score (nSPS) is 28.6. The fourth-order valence-corrected chi connectivity index (χ4v) is 9.21. The van der Waals surface area contributed by atoms with Crippen LogP contribution in [0.5, 0.6) is 0 Å². The Morgan fingerprint density at radius 2 is 1.06 bits per heavy atom. The average Bonchev–Trinajstić information content (AvgIpc) is 3.88. The molecule has 48 heavy (non-hydrogen) atoms. The van der Waals surface area contributed by atoms with E-state index in [1.54, 1.807) is 0 Å². The topological polar surface area (TPSA) is 76.1 Å². The van der Waals surface area contributed by atoms with Crippen molar-refractivity contribution in [1.82, 2.24) is 19.1 Å². The SMILES string of the molecule is OCC1CCC(F)(CCC2c3c(Cl)cccc3-c3cncn32)CC1.OCC1CCC(F)(CCC2c3c(Cl)cccc3-c3cncn32)CC1. The van der Waals surface area contributed by atoms with Crippen LogP contribution in [0.15, 0.2) is 61.4 Å². The molecule has 0 radical (unpaired) electrons. The highest BCUT2D eigenvalue weighted by Crippen LogP contribution is 2.49. The minimum absolute atomic E-state index is 0.0643. The van der Waals surface area contributed by atoms with E-state index in [4.69, 9.17) is 23.2 Å². The van der Waals surface area contributed by atoms with Crippen molar-refractivity contribution < 1.29 is 19.0 Å². The molecule has 0 saturated heterocycles. The molecule has 2 aliphatic heterocycles. The third-order valence-corrected chi connectivity index (χ3v) is 12.2. The number of aliphatic hydroxyl groups excluding tert-OH is 2. The number of hydrogen-bond acceptors (Lipinski definition) is 4. The van der Waals surface area contributed by atoms with E-state index < -0.39 is 11.3 Å². The van der Waals surface area contributed by atoms with Gasteiger partial charge in [-0.1, -0.05) is 47.5 Å². The Bertz CT molecular complexity index is 1600. The second kappa shape index (κ2) is 13.9. The molecule has 2 saturated carbocycles. The Labute approximate surface area is 291 Å². The second-order valence-electron chi connectivity index (χ2n) is 14.4. The summed E-state index contributed by atoms with van der Waals surface area (Å²) in [7, 11) is 0. The summed E-state index contributed by atoms with van der Waals surface area (Å²) < 4.78 is 34.6. The number of fused-ring (bicyclic) bond motifs is 6. The summed E-state index contributed by atoms with van der Waals surface area (Å²) >= 11 is 12.9. The molecule has 4 aromatic rings. The monoisotopic (exact) mass is 696 g/mol. The highest BCUT2D eigenvalue weighted by atomic mass is 35.5. The van der Waals surface area contributed by atoms with Gasteiger partial charge in [0.25, 0.3) is 0 Å². The number of alkyl halides is 2. The summed E-state index contributed by atoms with van der Waals surface area (Å²) in [5, 5.41) is 20.0. The zero-order chi connectivity index (χ0) is 33.5. The highest BCUT2D eigenvalue weighted by molar-refractivity contribution is 6.32. The summed E-state index contributed by atoms with van der Waals surface area (Å²) in [6, 6.07) is 12.0. The summed E-state index contributed by atoms with van der Waals surface area (Å²) in [6.45, 7) is 0.361. The first-order valence-electron chi connectivity index (χ1n) is 17.4. The molecule has 256 valence electrons. The molecule has 2 N–H and O–H groups in total. The van der Waals surface area contributed by atoms with E-state index in [1.165, 1.54) is 0 Å². The Kier molecular flexibility index (Phi) is 9.73. The van der Waals surface area contributed by atoms with Crippen LogP contribution in [0.3, 0.4) is 0 Å². The molecule has 2 aromatic heterocycles. The van der Waals surface area contributed by atoms with Gasteiger partial charge in [-0.05, 0) is 101 Å².